The van der Waals surface area contributed by atoms with Gasteiger partial charge >= 0.3 is 5.97 Å². The fourth-order valence-corrected chi connectivity index (χ4v) is 1.73. The largest absolute Gasteiger partial charge is 0.507 e. The lowest BCUT2D eigenvalue weighted by atomic mass is 10.0. The Morgan fingerprint density at radius 3 is 2.80 bits per heavy atom. The van der Waals surface area contributed by atoms with E-state index in [1.165, 1.54) is 18.3 Å². The Bertz CT molecular complexity index is 690. The molecule has 1 aromatic heterocycles. The number of esters is 1. The zero-order chi connectivity index (χ0) is 14.5. The van der Waals surface area contributed by atoms with Gasteiger partial charge in [-0.05, 0) is 30.7 Å². The second kappa shape index (κ2) is 5.85. The van der Waals surface area contributed by atoms with Crippen LogP contribution in [-0.2, 0) is 4.74 Å². The molecule has 0 amide bonds. The smallest absolute Gasteiger partial charge is 0.339 e. The number of phenolic OH excluding ortho intramolecular Hbond substituents is 1. The third-order valence-electron chi connectivity index (χ3n) is 2.70. The quantitative estimate of drug-likeness (QED) is 0.865. The Balaban J connectivity index is 2.39. The van der Waals surface area contributed by atoms with E-state index in [0.29, 0.717) is 23.3 Å². The van der Waals surface area contributed by atoms with Crippen molar-refractivity contribution < 1.29 is 14.6 Å². The SMILES string of the molecule is CCOC(=O)c1cncc(-c2ccc(C#N)c(O)c2)c1. The molecule has 0 radical (unpaired) electrons. The predicted octanol–water partition coefficient (Wildman–Crippen LogP) is 2.50. The van der Waals surface area contributed by atoms with E-state index in [9.17, 15) is 9.90 Å². The lowest BCUT2D eigenvalue weighted by Crippen LogP contribution is -2.05. The summed E-state index contributed by atoms with van der Waals surface area (Å²) in [5, 5.41) is 18.5. The summed E-state index contributed by atoms with van der Waals surface area (Å²) < 4.78 is 4.91. The summed E-state index contributed by atoms with van der Waals surface area (Å²) in [5.74, 6) is -0.550. The number of hydrogen-bond acceptors (Lipinski definition) is 5. The average molecular weight is 268 g/mol. The molecule has 0 aliphatic rings. The van der Waals surface area contributed by atoms with Crippen LogP contribution in [0.25, 0.3) is 11.1 Å². The van der Waals surface area contributed by atoms with Crippen molar-refractivity contribution in [3.8, 4) is 22.9 Å². The second-order valence-corrected chi connectivity index (χ2v) is 4.03. The van der Waals surface area contributed by atoms with Gasteiger partial charge < -0.3 is 9.84 Å². The molecule has 0 unspecified atom stereocenters. The standard InChI is InChI=1S/C15H12N2O3/c1-2-20-15(19)13-5-12(8-17-9-13)10-3-4-11(7-16)14(18)6-10/h3-6,8-9,18H,2H2,1H3. The van der Waals surface area contributed by atoms with Crippen LogP contribution in [0.15, 0.2) is 36.7 Å². The normalized spacial score (nSPS) is 9.80. The zero-order valence-electron chi connectivity index (χ0n) is 10.8. The van der Waals surface area contributed by atoms with Crippen LogP contribution in [-0.4, -0.2) is 22.7 Å². The van der Waals surface area contributed by atoms with Crippen molar-refractivity contribution in [1.29, 1.82) is 5.26 Å². The first-order chi connectivity index (χ1) is 9.65. The van der Waals surface area contributed by atoms with Gasteiger partial charge in [-0.2, -0.15) is 5.26 Å². The number of aromatic hydroxyl groups is 1. The number of carbonyl (C=O) groups is 1. The third kappa shape index (κ3) is 2.75. The van der Waals surface area contributed by atoms with Crippen LogP contribution in [0.2, 0.25) is 0 Å². The molecule has 2 rings (SSSR count). The van der Waals surface area contributed by atoms with Crippen LogP contribution in [0, 0.1) is 11.3 Å². The number of aromatic nitrogens is 1. The molecule has 1 N–H and O–H groups in total. The van der Waals surface area contributed by atoms with E-state index in [-0.39, 0.29) is 11.3 Å². The average Bonchev–Trinajstić information content (AvgIpc) is 2.47. The van der Waals surface area contributed by atoms with E-state index in [0.717, 1.165) is 0 Å². The number of ether oxygens (including phenoxy) is 1. The molecule has 100 valence electrons. The van der Waals surface area contributed by atoms with Gasteiger partial charge in [-0.15, -0.1) is 0 Å². The number of benzene rings is 1. The first-order valence-corrected chi connectivity index (χ1v) is 6.01. The highest BCUT2D eigenvalue weighted by molar-refractivity contribution is 5.90. The van der Waals surface area contributed by atoms with Gasteiger partial charge in [0.25, 0.3) is 0 Å². The fraction of sp³-hybridized carbons (Fsp3) is 0.133. The molecule has 0 aliphatic heterocycles. The number of nitriles is 1. The van der Waals surface area contributed by atoms with Gasteiger partial charge in [0.2, 0.25) is 0 Å². The molecule has 0 bridgehead atoms. The summed E-state index contributed by atoms with van der Waals surface area (Å²) in [7, 11) is 0. The maximum atomic E-state index is 11.6. The van der Waals surface area contributed by atoms with E-state index < -0.39 is 5.97 Å². The predicted molar refractivity (Wildman–Crippen MR) is 72.0 cm³/mol. The molecular weight excluding hydrogens is 256 g/mol. The van der Waals surface area contributed by atoms with Crippen LogP contribution in [0.5, 0.6) is 5.75 Å². The first kappa shape index (κ1) is 13.6. The molecular formula is C15H12N2O3. The van der Waals surface area contributed by atoms with Crippen molar-refractivity contribution in [2.45, 2.75) is 6.92 Å². The monoisotopic (exact) mass is 268 g/mol. The Morgan fingerprint density at radius 1 is 1.35 bits per heavy atom. The van der Waals surface area contributed by atoms with Crippen molar-refractivity contribution in [2.75, 3.05) is 6.61 Å². The van der Waals surface area contributed by atoms with Crippen molar-refractivity contribution in [1.82, 2.24) is 4.98 Å². The number of hydrogen-bond donors (Lipinski definition) is 1. The minimum absolute atomic E-state index is 0.105. The molecule has 1 aromatic carbocycles. The van der Waals surface area contributed by atoms with Gasteiger partial charge in [0, 0.05) is 18.0 Å². The van der Waals surface area contributed by atoms with Gasteiger partial charge in [-0.1, -0.05) is 6.07 Å². The van der Waals surface area contributed by atoms with E-state index in [1.807, 2.05) is 6.07 Å². The van der Waals surface area contributed by atoms with Gasteiger partial charge in [-0.25, -0.2) is 4.79 Å². The Kier molecular flexibility index (Phi) is 3.96. The van der Waals surface area contributed by atoms with Crippen LogP contribution >= 0.6 is 0 Å². The fourth-order valence-electron chi connectivity index (χ4n) is 1.73. The number of carbonyl (C=O) groups excluding carboxylic acids is 1. The van der Waals surface area contributed by atoms with Gasteiger partial charge in [-0.3, -0.25) is 4.98 Å². The maximum absolute atomic E-state index is 11.6. The Morgan fingerprint density at radius 2 is 2.15 bits per heavy atom. The molecule has 0 fully saturated rings. The van der Waals surface area contributed by atoms with Crippen LogP contribution in [0.3, 0.4) is 0 Å². The third-order valence-corrected chi connectivity index (χ3v) is 2.70. The first-order valence-electron chi connectivity index (χ1n) is 6.01. The van der Waals surface area contributed by atoms with E-state index in [2.05, 4.69) is 4.98 Å². The zero-order valence-corrected chi connectivity index (χ0v) is 10.8. The summed E-state index contributed by atoms with van der Waals surface area (Å²) in [6, 6.07) is 8.17. The summed E-state index contributed by atoms with van der Waals surface area (Å²) in [6.45, 7) is 2.02. The molecule has 0 saturated carbocycles. The maximum Gasteiger partial charge on any atom is 0.339 e. The van der Waals surface area contributed by atoms with E-state index in [4.69, 9.17) is 10.00 Å². The van der Waals surface area contributed by atoms with E-state index >= 15 is 0 Å². The summed E-state index contributed by atoms with van der Waals surface area (Å²) >= 11 is 0. The van der Waals surface area contributed by atoms with E-state index in [1.54, 1.807) is 25.3 Å². The van der Waals surface area contributed by atoms with Gasteiger partial charge in [0.05, 0.1) is 17.7 Å². The van der Waals surface area contributed by atoms with Crippen molar-refractivity contribution in [2.24, 2.45) is 0 Å². The lowest BCUT2D eigenvalue weighted by molar-refractivity contribution is 0.0526. The lowest BCUT2D eigenvalue weighted by Gasteiger charge is -2.06. The molecule has 5 heteroatoms. The van der Waals surface area contributed by atoms with Crippen LogP contribution < -0.4 is 0 Å². The number of nitrogens with zero attached hydrogens (tertiary/aromatic N) is 2. The Labute approximate surface area is 116 Å². The molecule has 0 aliphatic carbocycles. The van der Waals surface area contributed by atoms with Crippen LogP contribution in [0.1, 0.15) is 22.8 Å². The Hall–Kier alpha value is -2.87. The number of pyridine rings is 1. The highest BCUT2D eigenvalue weighted by atomic mass is 16.5. The van der Waals surface area contributed by atoms with Crippen molar-refractivity contribution in [3.63, 3.8) is 0 Å². The van der Waals surface area contributed by atoms with Crippen LogP contribution in [0.4, 0.5) is 0 Å². The van der Waals surface area contributed by atoms with Gasteiger partial charge in [0.1, 0.15) is 11.8 Å². The second-order valence-electron chi connectivity index (χ2n) is 4.03. The number of phenols is 1. The molecule has 0 spiro atoms. The molecule has 5 nitrogen and oxygen atoms in total. The summed E-state index contributed by atoms with van der Waals surface area (Å²) in [4.78, 5) is 15.6. The summed E-state index contributed by atoms with van der Waals surface area (Å²) in [5.41, 5.74) is 1.87. The highest BCUT2D eigenvalue weighted by Gasteiger charge is 2.10. The number of rotatable bonds is 3. The highest BCUT2D eigenvalue weighted by Crippen LogP contribution is 2.26. The summed E-state index contributed by atoms with van der Waals surface area (Å²) in [6.07, 6.45) is 2.99. The van der Waals surface area contributed by atoms with Crippen molar-refractivity contribution in [3.05, 3.63) is 47.8 Å². The van der Waals surface area contributed by atoms with Gasteiger partial charge in [0.15, 0.2) is 0 Å². The molecule has 2 aromatic rings. The van der Waals surface area contributed by atoms with Crippen molar-refractivity contribution >= 4 is 5.97 Å². The molecule has 1 heterocycles. The minimum atomic E-state index is -0.445. The molecule has 20 heavy (non-hydrogen) atoms. The molecule has 0 saturated heterocycles. The molecule has 0 atom stereocenters. The minimum Gasteiger partial charge on any atom is -0.507 e. The topological polar surface area (TPSA) is 83.2 Å².